The lowest BCUT2D eigenvalue weighted by molar-refractivity contribution is -0.139. The summed E-state index contributed by atoms with van der Waals surface area (Å²) in [5, 5.41) is 14.4. The predicted octanol–water partition coefficient (Wildman–Crippen LogP) is -0.0141. The smallest absolute Gasteiger partial charge is 0.320 e. The van der Waals surface area contributed by atoms with Crippen LogP contribution in [0.15, 0.2) is 5.11 Å². The fourth-order valence-corrected chi connectivity index (χ4v) is 0.683. The van der Waals surface area contributed by atoms with Gasteiger partial charge in [-0.15, -0.1) is 0 Å². The van der Waals surface area contributed by atoms with Crippen LogP contribution in [0.25, 0.3) is 10.4 Å². The third-order valence-electron chi connectivity index (χ3n) is 1.32. The highest BCUT2D eigenvalue weighted by Crippen LogP contribution is 1.86. The van der Waals surface area contributed by atoms with Gasteiger partial charge in [0.05, 0.1) is 13.2 Å². The zero-order chi connectivity index (χ0) is 10.1. The molecule has 2 N–H and O–H groups in total. The topological polar surface area (TPSA) is 107 Å². The summed E-state index contributed by atoms with van der Waals surface area (Å²) in [5.74, 6) is -1.04. The molecule has 0 amide bonds. The normalized spacial score (nSPS) is 11.8. The highest BCUT2D eigenvalue weighted by molar-refractivity contribution is 5.73. The van der Waals surface area contributed by atoms with Crippen molar-refractivity contribution >= 4 is 5.97 Å². The molecule has 0 fully saturated rings. The van der Waals surface area contributed by atoms with Gasteiger partial charge in [0.25, 0.3) is 0 Å². The van der Waals surface area contributed by atoms with E-state index in [0.717, 1.165) is 0 Å². The third-order valence-corrected chi connectivity index (χ3v) is 1.32. The SMILES string of the molecule is COCCNC(CN=[N+]=[N-])C(=O)O. The lowest BCUT2D eigenvalue weighted by atomic mass is 10.3. The van der Waals surface area contributed by atoms with Crippen LogP contribution in [0.2, 0.25) is 0 Å². The Morgan fingerprint density at radius 3 is 3.00 bits per heavy atom. The Kier molecular flexibility index (Phi) is 6.62. The minimum absolute atomic E-state index is 0.102. The molecule has 0 saturated carbocycles. The molecule has 1 unspecified atom stereocenters. The first-order chi connectivity index (χ1) is 6.22. The van der Waals surface area contributed by atoms with Gasteiger partial charge in [0, 0.05) is 18.6 Å². The van der Waals surface area contributed by atoms with Crippen molar-refractivity contribution in [1.82, 2.24) is 5.32 Å². The van der Waals surface area contributed by atoms with Gasteiger partial charge in [0.1, 0.15) is 6.04 Å². The Hall–Kier alpha value is -1.30. The number of ether oxygens (including phenoxy) is 1. The number of aliphatic carboxylic acids is 1. The van der Waals surface area contributed by atoms with Crippen LogP contribution in [0.3, 0.4) is 0 Å². The average molecular weight is 188 g/mol. The van der Waals surface area contributed by atoms with Gasteiger partial charge < -0.3 is 15.2 Å². The largest absolute Gasteiger partial charge is 0.480 e. The zero-order valence-corrected chi connectivity index (χ0v) is 7.30. The molecule has 0 saturated heterocycles. The summed E-state index contributed by atoms with van der Waals surface area (Å²) in [6.45, 7) is 0.726. The standard InChI is InChI=1S/C6H12N4O3/c1-13-3-2-8-5(6(11)12)4-9-10-7/h5,8H,2-4H2,1H3,(H,11,12). The molecule has 0 aliphatic heterocycles. The van der Waals surface area contributed by atoms with Crippen LogP contribution in [0.5, 0.6) is 0 Å². The molecule has 0 aromatic rings. The average Bonchev–Trinajstić information content (AvgIpc) is 2.10. The summed E-state index contributed by atoms with van der Waals surface area (Å²) < 4.78 is 4.72. The highest BCUT2D eigenvalue weighted by Gasteiger charge is 2.14. The Labute approximate surface area is 75.3 Å². The molecule has 0 bridgehead atoms. The number of hydrogen-bond donors (Lipinski definition) is 2. The Bertz CT molecular complexity index is 202. The molecule has 7 heteroatoms. The molecule has 0 radical (unpaired) electrons. The molecule has 1 atom stereocenters. The van der Waals surface area contributed by atoms with Gasteiger partial charge in [-0.25, -0.2) is 0 Å². The van der Waals surface area contributed by atoms with E-state index in [0.29, 0.717) is 13.2 Å². The van der Waals surface area contributed by atoms with Crippen molar-refractivity contribution in [3.05, 3.63) is 10.4 Å². The number of nitrogens with zero attached hydrogens (tertiary/aromatic N) is 3. The molecule has 0 aliphatic rings. The van der Waals surface area contributed by atoms with Crippen LogP contribution >= 0.6 is 0 Å². The van der Waals surface area contributed by atoms with Gasteiger partial charge in [-0.2, -0.15) is 0 Å². The number of carbonyl (C=O) groups is 1. The quantitative estimate of drug-likeness (QED) is 0.253. The minimum atomic E-state index is -1.04. The van der Waals surface area contributed by atoms with Gasteiger partial charge in [-0.1, -0.05) is 5.11 Å². The summed E-state index contributed by atoms with van der Waals surface area (Å²) in [5.41, 5.74) is 7.98. The van der Waals surface area contributed by atoms with E-state index in [-0.39, 0.29) is 6.54 Å². The van der Waals surface area contributed by atoms with Gasteiger partial charge in [0.15, 0.2) is 0 Å². The van der Waals surface area contributed by atoms with Crippen molar-refractivity contribution in [2.24, 2.45) is 5.11 Å². The second kappa shape index (κ2) is 7.35. The van der Waals surface area contributed by atoms with Crippen LogP contribution in [0.4, 0.5) is 0 Å². The summed E-state index contributed by atoms with van der Waals surface area (Å²) >= 11 is 0. The number of carboxylic acid groups (broad SMARTS) is 1. The van der Waals surface area contributed by atoms with E-state index in [9.17, 15) is 4.79 Å². The Balaban J connectivity index is 3.80. The predicted molar refractivity (Wildman–Crippen MR) is 45.3 cm³/mol. The lowest BCUT2D eigenvalue weighted by Crippen LogP contribution is -2.40. The molecule has 0 aromatic heterocycles. The van der Waals surface area contributed by atoms with Crippen LogP contribution in [-0.2, 0) is 9.53 Å². The van der Waals surface area contributed by atoms with E-state index in [1.807, 2.05) is 0 Å². The summed E-state index contributed by atoms with van der Waals surface area (Å²) in [7, 11) is 1.52. The highest BCUT2D eigenvalue weighted by atomic mass is 16.5. The fourth-order valence-electron chi connectivity index (χ4n) is 0.683. The van der Waals surface area contributed by atoms with Crippen molar-refractivity contribution in [2.75, 3.05) is 26.8 Å². The number of azide groups is 1. The van der Waals surface area contributed by atoms with Crippen molar-refractivity contribution in [1.29, 1.82) is 0 Å². The number of hydrogen-bond acceptors (Lipinski definition) is 4. The van der Waals surface area contributed by atoms with Gasteiger partial charge in [-0.3, -0.25) is 4.79 Å². The van der Waals surface area contributed by atoms with E-state index in [1.54, 1.807) is 0 Å². The van der Waals surface area contributed by atoms with Crippen molar-refractivity contribution in [3.8, 4) is 0 Å². The van der Waals surface area contributed by atoms with Gasteiger partial charge >= 0.3 is 5.97 Å². The van der Waals surface area contributed by atoms with Gasteiger partial charge in [-0.05, 0) is 5.53 Å². The molecule has 74 valence electrons. The minimum Gasteiger partial charge on any atom is -0.480 e. The number of rotatable bonds is 7. The van der Waals surface area contributed by atoms with E-state index in [4.69, 9.17) is 15.4 Å². The Morgan fingerprint density at radius 2 is 2.54 bits per heavy atom. The molecule has 0 heterocycles. The Morgan fingerprint density at radius 1 is 1.85 bits per heavy atom. The molecule has 0 rings (SSSR count). The molecule has 7 nitrogen and oxygen atoms in total. The molecule has 0 spiro atoms. The second-order valence-corrected chi connectivity index (χ2v) is 2.25. The van der Waals surface area contributed by atoms with Crippen LogP contribution in [0.1, 0.15) is 0 Å². The molecule has 0 aliphatic carbocycles. The van der Waals surface area contributed by atoms with Crippen molar-refractivity contribution < 1.29 is 14.6 Å². The first-order valence-corrected chi connectivity index (χ1v) is 3.68. The molecule has 13 heavy (non-hydrogen) atoms. The molecular weight excluding hydrogens is 176 g/mol. The second-order valence-electron chi connectivity index (χ2n) is 2.25. The number of nitrogens with one attached hydrogen (secondary N) is 1. The maximum Gasteiger partial charge on any atom is 0.320 e. The van der Waals surface area contributed by atoms with Crippen molar-refractivity contribution in [2.45, 2.75) is 6.04 Å². The maximum absolute atomic E-state index is 10.5. The summed E-state index contributed by atoms with van der Waals surface area (Å²) in [6, 6.07) is -0.842. The molecule has 0 aromatic carbocycles. The first-order valence-electron chi connectivity index (χ1n) is 3.68. The first kappa shape index (κ1) is 11.7. The number of carboxylic acids is 1. The zero-order valence-electron chi connectivity index (χ0n) is 7.30. The fraction of sp³-hybridized carbons (Fsp3) is 0.833. The van der Waals surface area contributed by atoms with Crippen LogP contribution in [0, 0.1) is 0 Å². The van der Waals surface area contributed by atoms with E-state index >= 15 is 0 Å². The summed E-state index contributed by atoms with van der Waals surface area (Å²) in [4.78, 5) is 13.0. The van der Waals surface area contributed by atoms with Crippen LogP contribution in [-0.4, -0.2) is 43.9 Å². The number of methoxy groups -OCH3 is 1. The van der Waals surface area contributed by atoms with E-state index in [2.05, 4.69) is 15.3 Å². The summed E-state index contributed by atoms with van der Waals surface area (Å²) in [6.07, 6.45) is 0. The monoisotopic (exact) mass is 188 g/mol. The van der Waals surface area contributed by atoms with E-state index < -0.39 is 12.0 Å². The van der Waals surface area contributed by atoms with Crippen molar-refractivity contribution in [3.63, 3.8) is 0 Å². The third kappa shape index (κ3) is 5.92. The van der Waals surface area contributed by atoms with Gasteiger partial charge in [0.2, 0.25) is 0 Å². The lowest BCUT2D eigenvalue weighted by Gasteiger charge is -2.10. The van der Waals surface area contributed by atoms with E-state index in [1.165, 1.54) is 7.11 Å². The molecular formula is C6H12N4O3. The maximum atomic E-state index is 10.5. The van der Waals surface area contributed by atoms with Crippen LogP contribution < -0.4 is 5.32 Å².